The fraction of sp³-hybridized carbons (Fsp3) is 0.154. The van der Waals surface area contributed by atoms with Crippen LogP contribution in [0.5, 0.6) is 0 Å². The van der Waals surface area contributed by atoms with Gasteiger partial charge in [-0.15, -0.1) is 5.47 Å². The van der Waals surface area contributed by atoms with E-state index < -0.39 is 0 Å². The lowest BCUT2D eigenvalue weighted by molar-refractivity contribution is 0.941. The zero-order chi connectivity index (χ0) is 21.1. The maximum Gasteiger partial charge on any atom is 0.162 e. The second-order valence-corrected chi connectivity index (χ2v) is 7.52. The van der Waals surface area contributed by atoms with E-state index in [-0.39, 0.29) is 0 Å². The van der Waals surface area contributed by atoms with Crippen molar-refractivity contribution in [1.82, 2.24) is 14.6 Å². The molecule has 0 aliphatic rings. The first-order valence-electron chi connectivity index (χ1n) is 10.2. The molecule has 4 rings (SSSR count). The van der Waals surface area contributed by atoms with E-state index in [0.29, 0.717) is 0 Å². The quantitative estimate of drug-likeness (QED) is 0.302. The molecule has 2 radical (unpaired) electrons. The largest absolute Gasteiger partial charge is 0.236 e. The third-order valence-corrected chi connectivity index (χ3v) is 5.24. The van der Waals surface area contributed by atoms with E-state index in [1.807, 2.05) is 35.3 Å². The smallest absolute Gasteiger partial charge is 0.162 e. The molecule has 4 aromatic rings. The van der Waals surface area contributed by atoms with E-state index in [4.69, 9.17) is 12.8 Å². The predicted octanol–water partition coefficient (Wildman–Crippen LogP) is 6.16. The normalized spacial score (nSPS) is 12.2. The molecule has 2 aromatic heterocycles. The van der Waals surface area contributed by atoms with Crippen molar-refractivity contribution in [2.24, 2.45) is 0 Å². The minimum absolute atomic E-state index is 0.771. The molecule has 0 bridgehead atoms. The molecular weight excluding hydrogens is 365 g/mol. The highest BCUT2D eigenvalue weighted by atomic mass is 15.2. The Morgan fingerprint density at radius 1 is 1.00 bits per heavy atom. The Morgan fingerprint density at radius 3 is 2.57 bits per heavy atom. The molecule has 0 aliphatic heterocycles. The number of hydrogen-bond acceptors (Lipinski definition) is 2. The first-order chi connectivity index (χ1) is 14.6. The van der Waals surface area contributed by atoms with Gasteiger partial charge in [-0.2, -0.15) is 5.10 Å². The second-order valence-electron chi connectivity index (χ2n) is 7.52. The van der Waals surface area contributed by atoms with E-state index in [1.165, 1.54) is 11.1 Å². The maximum atomic E-state index is 6.07. The molecular formula is C26H24BN3. The summed E-state index contributed by atoms with van der Waals surface area (Å²) in [6.07, 6.45) is 12.8. The van der Waals surface area contributed by atoms with Gasteiger partial charge in [0.15, 0.2) is 5.65 Å². The average Bonchev–Trinajstić information content (AvgIpc) is 3.16. The minimum atomic E-state index is 0.771. The average molecular weight is 389 g/mol. The Balaban J connectivity index is 1.78. The van der Waals surface area contributed by atoms with Gasteiger partial charge in [-0.05, 0) is 42.5 Å². The lowest BCUT2D eigenvalue weighted by atomic mass is 9.91. The van der Waals surface area contributed by atoms with Crippen molar-refractivity contribution in [3.05, 3.63) is 95.4 Å². The van der Waals surface area contributed by atoms with Crippen molar-refractivity contribution in [2.75, 3.05) is 0 Å². The molecule has 3 nitrogen and oxygen atoms in total. The lowest BCUT2D eigenvalue weighted by Gasteiger charge is -2.09. The van der Waals surface area contributed by atoms with Crippen molar-refractivity contribution in [1.29, 1.82) is 0 Å². The Hall–Kier alpha value is -3.40. The van der Waals surface area contributed by atoms with E-state index in [2.05, 4.69) is 74.4 Å². The van der Waals surface area contributed by atoms with E-state index in [0.717, 1.165) is 45.4 Å². The van der Waals surface area contributed by atoms with Gasteiger partial charge in [-0.1, -0.05) is 73.2 Å². The zero-order valence-electron chi connectivity index (χ0n) is 17.6. The Labute approximate surface area is 179 Å². The van der Waals surface area contributed by atoms with Gasteiger partial charge in [0.25, 0.3) is 0 Å². The standard InChI is InChI=1S/C26H24BN3/c1-4-6-22(27)13-14-23-19(3)7-5-8-24(23)25-16-29-30-17-21(15-28-26(25)30)20-11-9-18(2)10-12-20/h5-17H,4H2,1-3H3/b14-13-,22-6-. The zero-order valence-corrected chi connectivity index (χ0v) is 17.6. The van der Waals surface area contributed by atoms with Crippen LogP contribution in [0.2, 0.25) is 0 Å². The summed E-state index contributed by atoms with van der Waals surface area (Å²) in [5.41, 5.74) is 9.43. The number of aromatic nitrogens is 3. The van der Waals surface area contributed by atoms with Crippen molar-refractivity contribution in [3.8, 4) is 22.3 Å². The van der Waals surface area contributed by atoms with E-state index in [1.54, 1.807) is 0 Å². The van der Waals surface area contributed by atoms with Gasteiger partial charge >= 0.3 is 0 Å². The number of aryl methyl sites for hydroxylation is 2. The number of nitrogens with zero attached hydrogens (tertiary/aromatic N) is 3. The van der Waals surface area contributed by atoms with Crippen molar-refractivity contribution < 1.29 is 0 Å². The molecule has 146 valence electrons. The summed E-state index contributed by atoms with van der Waals surface area (Å²) in [6.45, 7) is 6.28. The van der Waals surface area contributed by atoms with Crippen LogP contribution in [0.1, 0.15) is 30.0 Å². The molecule has 4 heteroatoms. The van der Waals surface area contributed by atoms with Crippen LogP contribution in [0.15, 0.2) is 78.7 Å². The Morgan fingerprint density at radius 2 is 1.80 bits per heavy atom. The number of rotatable bonds is 5. The second kappa shape index (κ2) is 8.54. The van der Waals surface area contributed by atoms with Gasteiger partial charge in [0.1, 0.15) is 7.85 Å². The van der Waals surface area contributed by atoms with Crippen molar-refractivity contribution >= 4 is 19.6 Å². The maximum absolute atomic E-state index is 6.07. The summed E-state index contributed by atoms with van der Waals surface area (Å²) >= 11 is 0. The summed E-state index contributed by atoms with van der Waals surface area (Å²) in [5.74, 6) is 0. The van der Waals surface area contributed by atoms with Crippen LogP contribution >= 0.6 is 0 Å². The van der Waals surface area contributed by atoms with Gasteiger partial charge in [-0.25, -0.2) is 9.50 Å². The number of hydrogen-bond donors (Lipinski definition) is 0. The SMILES string of the molecule is [B]C(/C=C\c1c(C)cccc1-c1cnn2cc(-c3ccc(C)cc3)cnc12)=C\CC. The number of allylic oxidation sites excluding steroid dienone is 3. The van der Waals surface area contributed by atoms with Gasteiger partial charge in [-0.3, -0.25) is 0 Å². The van der Waals surface area contributed by atoms with Crippen LogP contribution in [0.4, 0.5) is 0 Å². The van der Waals surface area contributed by atoms with Crippen LogP contribution < -0.4 is 0 Å². The van der Waals surface area contributed by atoms with Crippen molar-refractivity contribution in [2.45, 2.75) is 27.2 Å². The molecule has 0 saturated heterocycles. The summed E-state index contributed by atoms with van der Waals surface area (Å²) in [4.78, 5) is 4.75. The van der Waals surface area contributed by atoms with Gasteiger partial charge in [0.2, 0.25) is 0 Å². The number of benzene rings is 2. The first-order valence-corrected chi connectivity index (χ1v) is 10.2. The first kappa shape index (κ1) is 19.9. The lowest BCUT2D eigenvalue weighted by Crippen LogP contribution is -1.93. The molecule has 30 heavy (non-hydrogen) atoms. The van der Waals surface area contributed by atoms with Crippen LogP contribution in [0.3, 0.4) is 0 Å². The van der Waals surface area contributed by atoms with Crippen LogP contribution in [0, 0.1) is 13.8 Å². The third kappa shape index (κ3) is 3.99. The molecule has 0 saturated carbocycles. The van der Waals surface area contributed by atoms with Gasteiger partial charge < -0.3 is 0 Å². The molecule has 0 N–H and O–H groups in total. The van der Waals surface area contributed by atoms with E-state index >= 15 is 0 Å². The van der Waals surface area contributed by atoms with Gasteiger partial charge in [0.05, 0.1) is 6.20 Å². The Bertz CT molecular complexity index is 1250. The predicted molar refractivity (Wildman–Crippen MR) is 126 cm³/mol. The molecule has 0 atom stereocenters. The fourth-order valence-electron chi connectivity index (χ4n) is 3.58. The molecule has 0 amide bonds. The summed E-state index contributed by atoms with van der Waals surface area (Å²) < 4.78 is 1.85. The molecule has 2 heterocycles. The van der Waals surface area contributed by atoms with Crippen LogP contribution in [-0.4, -0.2) is 22.4 Å². The summed E-state index contributed by atoms with van der Waals surface area (Å²) in [6, 6.07) is 14.7. The molecule has 2 aromatic carbocycles. The molecule has 0 unspecified atom stereocenters. The highest BCUT2D eigenvalue weighted by Gasteiger charge is 2.13. The topological polar surface area (TPSA) is 30.2 Å². The monoisotopic (exact) mass is 389 g/mol. The number of fused-ring (bicyclic) bond motifs is 1. The minimum Gasteiger partial charge on any atom is -0.236 e. The molecule has 0 fully saturated rings. The molecule has 0 aliphatic carbocycles. The van der Waals surface area contributed by atoms with Crippen LogP contribution in [0.25, 0.3) is 34.0 Å². The van der Waals surface area contributed by atoms with E-state index in [9.17, 15) is 0 Å². The van der Waals surface area contributed by atoms with Crippen molar-refractivity contribution in [3.63, 3.8) is 0 Å². The molecule has 0 spiro atoms. The highest BCUT2D eigenvalue weighted by molar-refractivity contribution is 6.23. The third-order valence-electron chi connectivity index (χ3n) is 5.24. The van der Waals surface area contributed by atoms with Crippen LogP contribution in [-0.2, 0) is 0 Å². The van der Waals surface area contributed by atoms with Gasteiger partial charge in [0, 0.05) is 23.5 Å². The highest BCUT2D eigenvalue weighted by Crippen LogP contribution is 2.31. The summed E-state index contributed by atoms with van der Waals surface area (Å²) in [7, 11) is 6.07. The Kier molecular flexibility index (Phi) is 5.67. The fourth-order valence-corrected chi connectivity index (χ4v) is 3.58. The summed E-state index contributed by atoms with van der Waals surface area (Å²) in [5, 5.41) is 4.59.